The van der Waals surface area contributed by atoms with Gasteiger partial charge in [-0.3, -0.25) is 0 Å². The van der Waals surface area contributed by atoms with Gasteiger partial charge in [-0.1, -0.05) is 96.8 Å². The van der Waals surface area contributed by atoms with Gasteiger partial charge in [0.25, 0.3) is 0 Å². The van der Waals surface area contributed by atoms with Crippen molar-refractivity contribution >= 4 is 43.1 Å². The smallest absolute Gasteiger partial charge is 0.0405 e. The van der Waals surface area contributed by atoms with Crippen molar-refractivity contribution in [2.45, 2.75) is 0 Å². The van der Waals surface area contributed by atoms with Crippen LogP contribution in [0.1, 0.15) is 11.1 Å². The van der Waals surface area contributed by atoms with E-state index in [9.17, 15) is 0 Å². The summed E-state index contributed by atoms with van der Waals surface area (Å²) in [7, 11) is 0. The first-order chi connectivity index (χ1) is 14.9. The first-order valence-electron chi connectivity index (χ1n) is 10.2. The van der Waals surface area contributed by atoms with Gasteiger partial charge in [0.2, 0.25) is 0 Å². The van der Waals surface area contributed by atoms with Gasteiger partial charge in [-0.05, 0) is 67.4 Å². The van der Waals surface area contributed by atoms with Crippen LogP contribution in [0, 0.1) is 11.8 Å². The van der Waals surface area contributed by atoms with Crippen LogP contribution < -0.4 is 0 Å². The summed E-state index contributed by atoms with van der Waals surface area (Å²) in [6.07, 6.45) is 0. The molecule has 6 aromatic rings. The molecule has 0 atom stereocenters. The Bertz CT molecular complexity index is 1590. The largest absolute Gasteiger partial charge is 0.0616 e. The average molecular weight is 378 g/mol. The summed E-state index contributed by atoms with van der Waals surface area (Å²) in [4.78, 5) is 0. The standard InChI is InChI=1S/C30H18/c1-2-9-23-20-30-21(12-7-13-26(30)18-22(23)8-1)16-17-29-27-14-5-3-10-24(27)19-25-11-4-6-15-28(25)29/h1-15,18-20H. The third-order valence-electron chi connectivity index (χ3n) is 5.84. The number of benzene rings is 6. The Morgan fingerprint density at radius 1 is 0.367 bits per heavy atom. The van der Waals surface area contributed by atoms with Crippen molar-refractivity contribution in [2.75, 3.05) is 0 Å². The molecule has 6 aromatic carbocycles. The minimum Gasteiger partial charge on any atom is -0.0616 e. The highest BCUT2D eigenvalue weighted by Gasteiger charge is 2.06. The molecule has 0 aliphatic heterocycles. The fourth-order valence-electron chi connectivity index (χ4n) is 4.35. The van der Waals surface area contributed by atoms with E-state index in [1.807, 2.05) is 0 Å². The lowest BCUT2D eigenvalue weighted by atomic mass is 9.96. The zero-order valence-electron chi connectivity index (χ0n) is 16.4. The number of hydrogen-bond donors (Lipinski definition) is 0. The summed E-state index contributed by atoms with van der Waals surface area (Å²) in [6.45, 7) is 0. The Morgan fingerprint density at radius 3 is 1.57 bits per heavy atom. The van der Waals surface area contributed by atoms with Crippen LogP contribution in [0.4, 0.5) is 0 Å². The van der Waals surface area contributed by atoms with E-state index >= 15 is 0 Å². The van der Waals surface area contributed by atoms with E-state index in [2.05, 4.69) is 121 Å². The molecule has 0 heteroatoms. The van der Waals surface area contributed by atoms with Gasteiger partial charge in [0.05, 0.1) is 0 Å². The van der Waals surface area contributed by atoms with Gasteiger partial charge >= 0.3 is 0 Å². The zero-order chi connectivity index (χ0) is 19.9. The molecule has 0 aliphatic rings. The predicted octanol–water partition coefficient (Wildman–Crippen LogP) is 7.70. The van der Waals surface area contributed by atoms with Crippen molar-refractivity contribution in [3.8, 4) is 11.8 Å². The molecule has 0 radical (unpaired) electrons. The lowest BCUT2D eigenvalue weighted by Gasteiger charge is -2.07. The molecule has 30 heavy (non-hydrogen) atoms. The SMILES string of the molecule is C(#Cc1c2ccccc2cc2ccccc12)c1cccc2cc3ccccc3cc12. The van der Waals surface area contributed by atoms with Crippen molar-refractivity contribution < 1.29 is 0 Å². The maximum Gasteiger partial charge on any atom is 0.0405 e. The van der Waals surface area contributed by atoms with Gasteiger partial charge < -0.3 is 0 Å². The topological polar surface area (TPSA) is 0 Å². The van der Waals surface area contributed by atoms with Gasteiger partial charge in [0.1, 0.15) is 0 Å². The van der Waals surface area contributed by atoms with Gasteiger partial charge in [0, 0.05) is 11.1 Å². The van der Waals surface area contributed by atoms with E-state index in [1.165, 1.54) is 43.1 Å². The van der Waals surface area contributed by atoms with Crippen molar-refractivity contribution in [1.29, 1.82) is 0 Å². The summed E-state index contributed by atoms with van der Waals surface area (Å²) in [5.41, 5.74) is 2.16. The summed E-state index contributed by atoms with van der Waals surface area (Å²) in [5.74, 6) is 7.04. The fourth-order valence-corrected chi connectivity index (χ4v) is 4.35. The van der Waals surface area contributed by atoms with Crippen LogP contribution >= 0.6 is 0 Å². The van der Waals surface area contributed by atoms with E-state index in [0.717, 1.165) is 11.1 Å². The Morgan fingerprint density at radius 2 is 0.867 bits per heavy atom. The summed E-state index contributed by atoms with van der Waals surface area (Å²) >= 11 is 0. The number of rotatable bonds is 0. The van der Waals surface area contributed by atoms with Crippen LogP contribution in [0.15, 0.2) is 109 Å². The normalized spacial score (nSPS) is 11.1. The molecule has 0 unspecified atom stereocenters. The van der Waals surface area contributed by atoms with Crippen molar-refractivity contribution in [3.63, 3.8) is 0 Å². The van der Waals surface area contributed by atoms with Crippen molar-refractivity contribution in [2.24, 2.45) is 0 Å². The molecule has 0 aromatic heterocycles. The summed E-state index contributed by atoms with van der Waals surface area (Å²) < 4.78 is 0. The number of fused-ring (bicyclic) bond motifs is 4. The summed E-state index contributed by atoms with van der Waals surface area (Å²) in [6, 6.07) is 38.7. The maximum absolute atomic E-state index is 3.54. The molecule has 0 saturated heterocycles. The minimum absolute atomic E-state index is 1.07. The molecule has 0 N–H and O–H groups in total. The second kappa shape index (κ2) is 6.76. The minimum atomic E-state index is 1.07. The zero-order valence-corrected chi connectivity index (χ0v) is 16.4. The molecule has 0 spiro atoms. The van der Waals surface area contributed by atoms with Crippen LogP contribution in [0.25, 0.3) is 43.1 Å². The van der Waals surface area contributed by atoms with Crippen molar-refractivity contribution in [3.05, 3.63) is 120 Å². The van der Waals surface area contributed by atoms with E-state index in [0.29, 0.717) is 0 Å². The highest BCUT2D eigenvalue weighted by Crippen LogP contribution is 2.29. The van der Waals surface area contributed by atoms with Crippen molar-refractivity contribution in [1.82, 2.24) is 0 Å². The first-order valence-corrected chi connectivity index (χ1v) is 10.2. The fraction of sp³-hybridized carbons (Fsp3) is 0. The molecule has 0 heterocycles. The molecule has 0 saturated carbocycles. The van der Waals surface area contributed by atoms with Crippen LogP contribution in [-0.2, 0) is 0 Å². The third-order valence-corrected chi connectivity index (χ3v) is 5.84. The second-order valence-corrected chi connectivity index (χ2v) is 7.67. The predicted molar refractivity (Wildman–Crippen MR) is 129 cm³/mol. The van der Waals surface area contributed by atoms with E-state index in [-0.39, 0.29) is 0 Å². The van der Waals surface area contributed by atoms with Crippen LogP contribution in [-0.4, -0.2) is 0 Å². The quantitative estimate of drug-likeness (QED) is 0.188. The van der Waals surface area contributed by atoms with Crippen LogP contribution in [0.3, 0.4) is 0 Å². The third kappa shape index (κ3) is 2.72. The van der Waals surface area contributed by atoms with Gasteiger partial charge in [-0.15, -0.1) is 0 Å². The van der Waals surface area contributed by atoms with Gasteiger partial charge in [-0.2, -0.15) is 0 Å². The first kappa shape index (κ1) is 16.8. The molecule has 0 aliphatic carbocycles. The second-order valence-electron chi connectivity index (χ2n) is 7.67. The lowest BCUT2D eigenvalue weighted by Crippen LogP contribution is -1.85. The molecule has 0 nitrogen and oxygen atoms in total. The Balaban J connectivity index is 1.63. The highest BCUT2D eigenvalue weighted by atomic mass is 14.1. The maximum atomic E-state index is 3.54. The average Bonchev–Trinajstić information content (AvgIpc) is 2.80. The molecule has 0 fully saturated rings. The molecule has 138 valence electrons. The van der Waals surface area contributed by atoms with E-state index < -0.39 is 0 Å². The molecular formula is C30H18. The van der Waals surface area contributed by atoms with Crippen LogP contribution in [0.5, 0.6) is 0 Å². The number of hydrogen-bond acceptors (Lipinski definition) is 0. The van der Waals surface area contributed by atoms with Crippen LogP contribution in [0.2, 0.25) is 0 Å². The molecule has 0 bridgehead atoms. The van der Waals surface area contributed by atoms with E-state index in [1.54, 1.807) is 0 Å². The Hall–Kier alpha value is -4.08. The van der Waals surface area contributed by atoms with E-state index in [4.69, 9.17) is 0 Å². The van der Waals surface area contributed by atoms with Gasteiger partial charge in [-0.25, -0.2) is 0 Å². The Labute approximate surface area is 175 Å². The summed E-state index contributed by atoms with van der Waals surface area (Å²) in [5, 5.41) is 9.79. The monoisotopic (exact) mass is 378 g/mol. The lowest BCUT2D eigenvalue weighted by molar-refractivity contribution is 1.71. The highest BCUT2D eigenvalue weighted by molar-refractivity contribution is 6.05. The molecular weight excluding hydrogens is 360 g/mol. The Kier molecular flexibility index (Phi) is 3.79. The van der Waals surface area contributed by atoms with Gasteiger partial charge in [0.15, 0.2) is 0 Å². The molecule has 0 amide bonds. The molecule has 6 rings (SSSR count).